The summed E-state index contributed by atoms with van der Waals surface area (Å²) in [5.41, 5.74) is 2.01. The van der Waals surface area contributed by atoms with E-state index in [4.69, 9.17) is 4.42 Å². The zero-order valence-corrected chi connectivity index (χ0v) is 11.1. The first-order valence-corrected chi connectivity index (χ1v) is 5.90. The van der Waals surface area contributed by atoms with Crippen LogP contribution < -0.4 is 5.32 Å². The molecular formula is C13H15N3O3. The first-order valence-electron chi connectivity index (χ1n) is 5.90. The van der Waals surface area contributed by atoms with Gasteiger partial charge in [0.2, 0.25) is 5.89 Å². The number of benzene rings is 1. The molecule has 0 fully saturated rings. The van der Waals surface area contributed by atoms with E-state index < -0.39 is 0 Å². The van der Waals surface area contributed by atoms with Gasteiger partial charge in [0.25, 0.3) is 5.69 Å². The largest absolute Gasteiger partial charge is 0.444 e. The number of nitrogens with zero attached hydrogens (tertiary/aromatic N) is 2. The summed E-state index contributed by atoms with van der Waals surface area (Å²) in [4.78, 5) is 14.9. The number of rotatable bonds is 4. The van der Waals surface area contributed by atoms with Crippen LogP contribution in [-0.2, 0) is 6.54 Å². The van der Waals surface area contributed by atoms with Crippen molar-refractivity contribution in [3.05, 3.63) is 51.2 Å². The maximum Gasteiger partial charge on any atom is 0.295 e. The molecule has 0 unspecified atom stereocenters. The van der Waals surface area contributed by atoms with Crippen molar-refractivity contribution in [2.45, 2.75) is 27.3 Å². The zero-order valence-electron chi connectivity index (χ0n) is 11.1. The molecule has 0 radical (unpaired) electrons. The normalized spacial score (nSPS) is 10.5. The molecule has 1 N–H and O–H groups in total. The first-order chi connectivity index (χ1) is 8.99. The second-order valence-corrected chi connectivity index (χ2v) is 4.33. The highest BCUT2D eigenvalue weighted by Crippen LogP contribution is 2.28. The Morgan fingerprint density at radius 3 is 2.68 bits per heavy atom. The summed E-state index contributed by atoms with van der Waals surface area (Å²) in [6.07, 6.45) is 0. The van der Waals surface area contributed by atoms with E-state index in [0.29, 0.717) is 23.7 Å². The zero-order chi connectivity index (χ0) is 14.0. The highest BCUT2D eigenvalue weighted by atomic mass is 16.6. The molecule has 0 aliphatic heterocycles. The van der Waals surface area contributed by atoms with Gasteiger partial charge in [0.1, 0.15) is 11.4 Å². The Kier molecular flexibility index (Phi) is 3.50. The van der Waals surface area contributed by atoms with Crippen LogP contribution in [0.15, 0.2) is 22.6 Å². The molecule has 0 aliphatic carbocycles. The topological polar surface area (TPSA) is 81.2 Å². The number of aryl methyl sites for hydroxylation is 3. The fraction of sp³-hybridized carbons (Fsp3) is 0.308. The predicted molar refractivity (Wildman–Crippen MR) is 71.1 cm³/mol. The van der Waals surface area contributed by atoms with E-state index in [1.165, 1.54) is 0 Å². The highest BCUT2D eigenvalue weighted by Gasteiger charge is 2.17. The van der Waals surface area contributed by atoms with Crippen molar-refractivity contribution in [3.63, 3.8) is 0 Å². The third-order valence-corrected chi connectivity index (χ3v) is 2.92. The molecule has 0 spiro atoms. The highest BCUT2D eigenvalue weighted by molar-refractivity contribution is 5.64. The molecule has 0 aliphatic rings. The lowest BCUT2D eigenvalue weighted by Gasteiger charge is -2.06. The van der Waals surface area contributed by atoms with Crippen LogP contribution >= 0.6 is 0 Å². The molecule has 0 saturated carbocycles. The third-order valence-electron chi connectivity index (χ3n) is 2.92. The Labute approximate surface area is 110 Å². The van der Waals surface area contributed by atoms with Gasteiger partial charge in [-0.15, -0.1) is 0 Å². The quantitative estimate of drug-likeness (QED) is 0.675. The Morgan fingerprint density at radius 2 is 2.11 bits per heavy atom. The molecule has 100 valence electrons. The number of nitro benzene ring substituents is 1. The maximum absolute atomic E-state index is 11.0. The molecule has 19 heavy (non-hydrogen) atoms. The van der Waals surface area contributed by atoms with Crippen LogP contribution in [0.5, 0.6) is 0 Å². The van der Waals surface area contributed by atoms with Crippen molar-refractivity contribution in [3.8, 4) is 0 Å². The van der Waals surface area contributed by atoms with Crippen LogP contribution in [0.25, 0.3) is 0 Å². The average Bonchev–Trinajstić information content (AvgIpc) is 2.65. The number of para-hydroxylation sites is 1. The molecule has 1 aromatic heterocycles. The van der Waals surface area contributed by atoms with Crippen molar-refractivity contribution >= 4 is 11.4 Å². The number of anilines is 1. The molecule has 0 atom stereocenters. The fourth-order valence-electron chi connectivity index (χ4n) is 1.83. The minimum atomic E-state index is -0.385. The van der Waals surface area contributed by atoms with Crippen LogP contribution in [0.3, 0.4) is 0 Å². The molecule has 1 heterocycles. The summed E-state index contributed by atoms with van der Waals surface area (Å²) < 4.78 is 5.42. The van der Waals surface area contributed by atoms with E-state index >= 15 is 0 Å². The van der Waals surface area contributed by atoms with Gasteiger partial charge in [-0.05, 0) is 26.8 Å². The lowest BCUT2D eigenvalue weighted by molar-refractivity contribution is -0.384. The molecule has 6 heteroatoms. The Bertz CT molecular complexity index is 600. The number of aromatic nitrogens is 1. The molecule has 2 rings (SSSR count). The second kappa shape index (κ2) is 5.09. The van der Waals surface area contributed by atoms with E-state index in [1.807, 2.05) is 13.8 Å². The number of hydrogen-bond acceptors (Lipinski definition) is 5. The summed E-state index contributed by atoms with van der Waals surface area (Å²) in [6.45, 7) is 5.72. The van der Waals surface area contributed by atoms with Crippen molar-refractivity contribution in [1.29, 1.82) is 0 Å². The van der Waals surface area contributed by atoms with Crippen molar-refractivity contribution in [2.24, 2.45) is 0 Å². The average molecular weight is 261 g/mol. The lowest BCUT2D eigenvalue weighted by Crippen LogP contribution is -2.04. The van der Waals surface area contributed by atoms with Gasteiger partial charge < -0.3 is 9.73 Å². The first kappa shape index (κ1) is 13.1. The molecule has 6 nitrogen and oxygen atoms in total. The summed E-state index contributed by atoms with van der Waals surface area (Å²) >= 11 is 0. The van der Waals surface area contributed by atoms with Crippen LogP contribution in [0.1, 0.15) is 22.9 Å². The van der Waals surface area contributed by atoms with E-state index in [0.717, 1.165) is 11.5 Å². The van der Waals surface area contributed by atoms with E-state index in [2.05, 4.69) is 10.3 Å². The van der Waals surface area contributed by atoms with Crippen molar-refractivity contribution in [2.75, 3.05) is 5.32 Å². The van der Waals surface area contributed by atoms with Gasteiger partial charge in [0, 0.05) is 5.56 Å². The van der Waals surface area contributed by atoms with Crippen LogP contribution in [0, 0.1) is 30.9 Å². The van der Waals surface area contributed by atoms with Gasteiger partial charge in [0.05, 0.1) is 17.2 Å². The monoisotopic (exact) mass is 261 g/mol. The standard InChI is InChI=1S/C13H15N3O3/c1-8-5-4-6-11(13(8)16(17)18)14-7-12-15-9(2)10(3)19-12/h4-6,14H,7H2,1-3H3. The predicted octanol–water partition coefficient (Wildman–Crippen LogP) is 3.12. The Hall–Kier alpha value is -2.37. The number of hydrogen-bond donors (Lipinski definition) is 1. The van der Waals surface area contributed by atoms with Gasteiger partial charge >= 0.3 is 0 Å². The third kappa shape index (κ3) is 2.73. The molecule has 0 amide bonds. The SMILES string of the molecule is Cc1cccc(NCc2nc(C)c(C)o2)c1[N+](=O)[O-]. The summed E-state index contributed by atoms with van der Waals surface area (Å²) in [5.74, 6) is 1.28. The van der Waals surface area contributed by atoms with Crippen LogP contribution in [-0.4, -0.2) is 9.91 Å². The lowest BCUT2D eigenvalue weighted by atomic mass is 10.1. The molecule has 2 aromatic rings. The van der Waals surface area contributed by atoms with Crippen LogP contribution in [0.2, 0.25) is 0 Å². The van der Waals surface area contributed by atoms with Gasteiger partial charge in [0.15, 0.2) is 0 Å². The number of nitrogens with one attached hydrogen (secondary N) is 1. The van der Waals surface area contributed by atoms with Gasteiger partial charge in [-0.3, -0.25) is 10.1 Å². The minimum absolute atomic E-state index is 0.0856. The number of oxazole rings is 1. The molecule has 0 bridgehead atoms. The van der Waals surface area contributed by atoms with Crippen molar-refractivity contribution < 1.29 is 9.34 Å². The molecule has 1 aromatic carbocycles. The maximum atomic E-state index is 11.0. The van der Waals surface area contributed by atoms with Crippen molar-refractivity contribution in [1.82, 2.24) is 4.98 Å². The van der Waals surface area contributed by atoms with Gasteiger partial charge in [-0.25, -0.2) is 4.98 Å². The minimum Gasteiger partial charge on any atom is -0.444 e. The van der Waals surface area contributed by atoms with Gasteiger partial charge in [-0.1, -0.05) is 12.1 Å². The summed E-state index contributed by atoms with van der Waals surface area (Å²) in [6, 6.07) is 5.16. The molecular weight excluding hydrogens is 246 g/mol. The second-order valence-electron chi connectivity index (χ2n) is 4.33. The van der Waals surface area contributed by atoms with E-state index in [-0.39, 0.29) is 10.6 Å². The number of nitro groups is 1. The molecule has 0 saturated heterocycles. The van der Waals surface area contributed by atoms with E-state index in [9.17, 15) is 10.1 Å². The summed E-state index contributed by atoms with van der Waals surface area (Å²) in [5, 5.41) is 14.0. The van der Waals surface area contributed by atoms with Gasteiger partial charge in [-0.2, -0.15) is 0 Å². The summed E-state index contributed by atoms with van der Waals surface area (Å²) in [7, 11) is 0. The Balaban J connectivity index is 2.20. The van der Waals surface area contributed by atoms with E-state index in [1.54, 1.807) is 25.1 Å². The van der Waals surface area contributed by atoms with Crippen LogP contribution in [0.4, 0.5) is 11.4 Å². The fourth-order valence-corrected chi connectivity index (χ4v) is 1.83. The smallest absolute Gasteiger partial charge is 0.295 e. The Morgan fingerprint density at radius 1 is 1.37 bits per heavy atom.